The van der Waals surface area contributed by atoms with Gasteiger partial charge in [0.05, 0.1) is 0 Å². The molecule has 0 bridgehead atoms. The molecule has 0 atom stereocenters. The first-order valence-electron chi connectivity index (χ1n) is 5.38. The van der Waals surface area contributed by atoms with Crippen molar-refractivity contribution in [2.75, 3.05) is 0 Å². The first kappa shape index (κ1) is 12.7. The minimum Gasteiger partial charge on any atom is -0.0880 e. The first-order chi connectivity index (χ1) is 5.71. The Morgan fingerprint density at radius 1 is 0.923 bits per heavy atom. The first-order valence-corrected chi connectivity index (χ1v) is 5.38. The molecule has 0 radical (unpaired) electrons. The molecule has 0 heterocycles. The van der Waals surface area contributed by atoms with E-state index in [1.54, 1.807) is 0 Å². The van der Waals surface area contributed by atoms with Gasteiger partial charge in [0, 0.05) is 0 Å². The molecule has 0 unspecified atom stereocenters. The van der Waals surface area contributed by atoms with Crippen LogP contribution in [0.1, 0.15) is 60.8 Å². The molecule has 0 rings (SSSR count). The second-order valence-corrected chi connectivity index (χ2v) is 6.22. The van der Waals surface area contributed by atoms with Gasteiger partial charge in [-0.05, 0) is 30.1 Å². The number of unbranched alkanes of at least 4 members (excludes halogenated alkanes) is 1. The molecule has 0 spiro atoms. The zero-order valence-corrected chi connectivity index (χ0v) is 10.3. The van der Waals surface area contributed by atoms with E-state index in [1.165, 1.54) is 19.3 Å². The van der Waals surface area contributed by atoms with Gasteiger partial charge >= 0.3 is 0 Å². The Bertz CT molecular complexity index is 150. The van der Waals surface area contributed by atoms with E-state index in [0.29, 0.717) is 10.8 Å². The molecule has 0 aliphatic rings. The molecule has 0 aromatic rings. The van der Waals surface area contributed by atoms with E-state index >= 15 is 0 Å². The summed E-state index contributed by atoms with van der Waals surface area (Å²) in [7, 11) is 0. The zero-order chi connectivity index (χ0) is 10.5. The van der Waals surface area contributed by atoms with E-state index in [4.69, 9.17) is 0 Å². The van der Waals surface area contributed by atoms with E-state index in [2.05, 4.69) is 53.7 Å². The third-order valence-corrected chi connectivity index (χ3v) is 1.92. The number of rotatable bonds is 3. The van der Waals surface area contributed by atoms with Crippen LogP contribution in [0.3, 0.4) is 0 Å². The average molecular weight is 182 g/mol. The van der Waals surface area contributed by atoms with Crippen LogP contribution in [0.4, 0.5) is 0 Å². The van der Waals surface area contributed by atoms with Crippen molar-refractivity contribution in [3.05, 3.63) is 12.2 Å². The highest BCUT2D eigenvalue weighted by Crippen LogP contribution is 2.22. The lowest BCUT2D eigenvalue weighted by Gasteiger charge is -2.17. The number of hydrogen-bond acceptors (Lipinski definition) is 0. The molecule has 0 aliphatic heterocycles. The Hall–Kier alpha value is -0.260. The molecule has 0 nitrogen and oxygen atoms in total. The fourth-order valence-electron chi connectivity index (χ4n) is 1.19. The summed E-state index contributed by atoms with van der Waals surface area (Å²) in [6, 6.07) is 0. The topological polar surface area (TPSA) is 0 Å². The van der Waals surface area contributed by atoms with Gasteiger partial charge in [-0.25, -0.2) is 0 Å². The van der Waals surface area contributed by atoms with Crippen LogP contribution in [0.5, 0.6) is 0 Å². The van der Waals surface area contributed by atoms with Gasteiger partial charge in [-0.15, -0.1) is 0 Å². The zero-order valence-electron chi connectivity index (χ0n) is 10.3. The Morgan fingerprint density at radius 2 is 1.46 bits per heavy atom. The third kappa shape index (κ3) is 11.7. The van der Waals surface area contributed by atoms with Gasteiger partial charge in [0.25, 0.3) is 0 Å². The van der Waals surface area contributed by atoms with E-state index < -0.39 is 0 Å². The highest BCUT2D eigenvalue weighted by atomic mass is 14.1. The van der Waals surface area contributed by atoms with E-state index in [1.807, 2.05) is 0 Å². The highest BCUT2D eigenvalue weighted by Gasteiger charge is 2.08. The summed E-state index contributed by atoms with van der Waals surface area (Å²) in [5, 5.41) is 0. The summed E-state index contributed by atoms with van der Waals surface area (Å²) in [5.74, 6) is 0. The highest BCUT2D eigenvalue weighted by molar-refractivity contribution is 4.91. The van der Waals surface area contributed by atoms with Gasteiger partial charge in [-0.3, -0.25) is 0 Å². The summed E-state index contributed by atoms with van der Waals surface area (Å²) in [5.41, 5.74) is 0.845. The lowest BCUT2D eigenvalue weighted by atomic mass is 9.89. The Balaban J connectivity index is 3.53. The molecule has 0 heteroatoms. The molecular weight excluding hydrogens is 156 g/mol. The molecule has 0 aromatic carbocycles. The van der Waals surface area contributed by atoms with Gasteiger partial charge in [0.2, 0.25) is 0 Å². The predicted octanol–water partition coefficient (Wildman–Crippen LogP) is 4.81. The fraction of sp³-hybridized carbons (Fsp3) is 0.846. The second-order valence-electron chi connectivity index (χ2n) is 6.22. The van der Waals surface area contributed by atoms with Crippen molar-refractivity contribution in [1.82, 2.24) is 0 Å². The molecule has 0 saturated heterocycles. The summed E-state index contributed by atoms with van der Waals surface area (Å²) >= 11 is 0. The van der Waals surface area contributed by atoms with Crippen molar-refractivity contribution in [3.8, 4) is 0 Å². The van der Waals surface area contributed by atoms with Crippen LogP contribution in [-0.2, 0) is 0 Å². The maximum absolute atomic E-state index is 2.33. The minimum absolute atomic E-state index is 0.349. The molecule has 0 N–H and O–H groups in total. The summed E-state index contributed by atoms with van der Waals surface area (Å²) < 4.78 is 0. The van der Waals surface area contributed by atoms with E-state index in [9.17, 15) is 0 Å². The SMILES string of the molecule is CC(C)(C)/C=C\CCCC(C)(C)C. The van der Waals surface area contributed by atoms with Crippen molar-refractivity contribution < 1.29 is 0 Å². The van der Waals surface area contributed by atoms with E-state index in [-0.39, 0.29) is 0 Å². The van der Waals surface area contributed by atoms with Crippen LogP contribution < -0.4 is 0 Å². The quantitative estimate of drug-likeness (QED) is 0.434. The Labute approximate surface area is 84.4 Å². The van der Waals surface area contributed by atoms with Gasteiger partial charge in [-0.1, -0.05) is 53.7 Å². The molecule has 0 fully saturated rings. The molecule has 0 aromatic heterocycles. The van der Waals surface area contributed by atoms with Gasteiger partial charge in [0.1, 0.15) is 0 Å². The van der Waals surface area contributed by atoms with Crippen LogP contribution in [0.2, 0.25) is 0 Å². The standard InChI is InChI=1S/C13H26/c1-12(2,3)10-8-7-9-11-13(4,5)6/h8,10H,7,9,11H2,1-6H3/b10-8-. The molecular formula is C13H26. The van der Waals surface area contributed by atoms with Crippen LogP contribution in [0.15, 0.2) is 12.2 Å². The maximum atomic E-state index is 2.33. The summed E-state index contributed by atoms with van der Waals surface area (Å²) in [6.07, 6.45) is 8.51. The molecule has 78 valence electrons. The molecule has 13 heavy (non-hydrogen) atoms. The lowest BCUT2D eigenvalue weighted by Crippen LogP contribution is -2.03. The average Bonchev–Trinajstić information content (AvgIpc) is 1.81. The van der Waals surface area contributed by atoms with Gasteiger partial charge in [-0.2, -0.15) is 0 Å². The van der Waals surface area contributed by atoms with Crippen molar-refractivity contribution >= 4 is 0 Å². The normalized spacial score (nSPS) is 14.0. The predicted molar refractivity (Wildman–Crippen MR) is 61.9 cm³/mol. The van der Waals surface area contributed by atoms with Crippen molar-refractivity contribution in [2.45, 2.75) is 60.8 Å². The monoisotopic (exact) mass is 182 g/mol. The lowest BCUT2D eigenvalue weighted by molar-refractivity contribution is 0.366. The largest absolute Gasteiger partial charge is 0.0880 e. The van der Waals surface area contributed by atoms with Crippen molar-refractivity contribution in [2.24, 2.45) is 10.8 Å². The van der Waals surface area contributed by atoms with Crippen molar-refractivity contribution in [1.29, 1.82) is 0 Å². The summed E-state index contributed by atoms with van der Waals surface area (Å²) in [6.45, 7) is 13.6. The van der Waals surface area contributed by atoms with E-state index in [0.717, 1.165) is 0 Å². The van der Waals surface area contributed by atoms with Gasteiger partial charge < -0.3 is 0 Å². The Kier molecular flexibility index (Phi) is 4.74. The third-order valence-electron chi connectivity index (χ3n) is 1.92. The van der Waals surface area contributed by atoms with Crippen molar-refractivity contribution in [3.63, 3.8) is 0 Å². The van der Waals surface area contributed by atoms with Crippen LogP contribution in [0.25, 0.3) is 0 Å². The minimum atomic E-state index is 0.349. The number of hydrogen-bond donors (Lipinski definition) is 0. The molecule has 0 aliphatic carbocycles. The van der Waals surface area contributed by atoms with Gasteiger partial charge in [0.15, 0.2) is 0 Å². The fourth-order valence-corrected chi connectivity index (χ4v) is 1.19. The van der Waals surface area contributed by atoms with Crippen LogP contribution >= 0.6 is 0 Å². The molecule has 0 amide bonds. The second kappa shape index (κ2) is 4.83. The summed E-state index contributed by atoms with van der Waals surface area (Å²) in [4.78, 5) is 0. The number of allylic oxidation sites excluding steroid dienone is 2. The smallest absolute Gasteiger partial charge is 0.0203 e. The Morgan fingerprint density at radius 3 is 1.85 bits per heavy atom. The molecule has 0 saturated carbocycles. The van der Waals surface area contributed by atoms with Crippen LogP contribution in [0, 0.1) is 10.8 Å². The van der Waals surface area contributed by atoms with Crippen LogP contribution in [-0.4, -0.2) is 0 Å². The maximum Gasteiger partial charge on any atom is -0.0203 e.